The maximum Gasteiger partial charge on any atom is 0.134 e. The van der Waals surface area contributed by atoms with Crippen molar-refractivity contribution in [1.82, 2.24) is 0 Å². The van der Waals surface area contributed by atoms with E-state index in [9.17, 15) is 8.78 Å². The van der Waals surface area contributed by atoms with Crippen LogP contribution >= 0.6 is 11.3 Å². The van der Waals surface area contributed by atoms with Gasteiger partial charge >= 0.3 is 0 Å². The summed E-state index contributed by atoms with van der Waals surface area (Å²) in [6.45, 7) is 0.390. The Morgan fingerprint density at radius 3 is 2.27 bits per heavy atom. The monoisotopic (exact) mass is 225 g/mol. The van der Waals surface area contributed by atoms with Gasteiger partial charge in [-0.15, -0.1) is 11.3 Å². The van der Waals surface area contributed by atoms with Crippen LogP contribution in [0.3, 0.4) is 0 Å². The smallest absolute Gasteiger partial charge is 0.134 e. The van der Waals surface area contributed by atoms with Crippen LogP contribution in [0.4, 0.5) is 8.78 Å². The van der Waals surface area contributed by atoms with Gasteiger partial charge in [-0.2, -0.15) is 0 Å². The molecule has 0 unspecified atom stereocenters. The van der Waals surface area contributed by atoms with Gasteiger partial charge in [0.25, 0.3) is 0 Å². The Hall–Kier alpha value is -1.26. The number of hydrogen-bond acceptors (Lipinski definition) is 2. The van der Waals surface area contributed by atoms with Gasteiger partial charge in [0.2, 0.25) is 0 Å². The molecule has 0 aliphatic carbocycles. The van der Waals surface area contributed by atoms with E-state index in [0.717, 1.165) is 4.88 Å². The fourth-order valence-corrected chi connectivity index (χ4v) is 2.29. The number of benzene rings is 1. The van der Waals surface area contributed by atoms with Crippen LogP contribution in [0, 0.1) is 11.6 Å². The van der Waals surface area contributed by atoms with Crippen LogP contribution in [-0.4, -0.2) is 0 Å². The molecule has 2 aromatic rings. The summed E-state index contributed by atoms with van der Waals surface area (Å²) >= 11 is 1.31. The molecule has 1 nitrogen and oxygen atoms in total. The van der Waals surface area contributed by atoms with Crippen molar-refractivity contribution in [3.8, 4) is 10.4 Å². The van der Waals surface area contributed by atoms with E-state index in [2.05, 4.69) is 0 Å². The molecule has 0 saturated heterocycles. The average molecular weight is 225 g/mol. The summed E-state index contributed by atoms with van der Waals surface area (Å²) in [5, 5.41) is 0. The Kier molecular flexibility index (Phi) is 2.79. The highest BCUT2D eigenvalue weighted by Crippen LogP contribution is 2.31. The second-order valence-electron chi connectivity index (χ2n) is 3.07. The molecule has 2 rings (SSSR count). The van der Waals surface area contributed by atoms with Crippen molar-refractivity contribution in [1.29, 1.82) is 0 Å². The SMILES string of the molecule is NCc1ccc(-c2c(F)cccc2F)s1. The van der Waals surface area contributed by atoms with Crippen molar-refractivity contribution in [3.63, 3.8) is 0 Å². The average Bonchev–Trinajstić information content (AvgIpc) is 2.66. The topological polar surface area (TPSA) is 26.0 Å². The molecule has 1 aromatic carbocycles. The molecule has 0 aliphatic heterocycles. The van der Waals surface area contributed by atoms with Crippen molar-refractivity contribution < 1.29 is 8.78 Å². The minimum Gasteiger partial charge on any atom is -0.326 e. The van der Waals surface area contributed by atoms with E-state index in [1.807, 2.05) is 0 Å². The van der Waals surface area contributed by atoms with Crippen LogP contribution in [0.25, 0.3) is 10.4 Å². The molecule has 0 aliphatic rings. The summed E-state index contributed by atoms with van der Waals surface area (Å²) in [6, 6.07) is 7.33. The van der Waals surface area contributed by atoms with Crippen LogP contribution in [-0.2, 0) is 6.54 Å². The lowest BCUT2D eigenvalue weighted by molar-refractivity contribution is 0.590. The van der Waals surface area contributed by atoms with Crippen LogP contribution in [0.1, 0.15) is 4.88 Å². The Morgan fingerprint density at radius 2 is 1.73 bits per heavy atom. The number of hydrogen-bond donors (Lipinski definition) is 1. The molecule has 1 heterocycles. The van der Waals surface area contributed by atoms with Crippen molar-refractivity contribution >= 4 is 11.3 Å². The predicted octanol–water partition coefficient (Wildman–Crippen LogP) is 3.15. The zero-order chi connectivity index (χ0) is 10.8. The van der Waals surface area contributed by atoms with Gasteiger partial charge in [0.15, 0.2) is 0 Å². The van der Waals surface area contributed by atoms with E-state index in [4.69, 9.17) is 5.73 Å². The van der Waals surface area contributed by atoms with Gasteiger partial charge in [-0.25, -0.2) is 8.78 Å². The maximum absolute atomic E-state index is 13.4. The fourth-order valence-electron chi connectivity index (χ4n) is 1.36. The molecule has 0 bridgehead atoms. The summed E-state index contributed by atoms with van der Waals surface area (Å²) in [5.74, 6) is -1.08. The molecule has 2 N–H and O–H groups in total. The summed E-state index contributed by atoms with van der Waals surface area (Å²) in [6.07, 6.45) is 0. The van der Waals surface area contributed by atoms with E-state index in [1.54, 1.807) is 12.1 Å². The number of halogens is 2. The quantitative estimate of drug-likeness (QED) is 0.834. The van der Waals surface area contributed by atoms with Crippen LogP contribution in [0.2, 0.25) is 0 Å². The van der Waals surface area contributed by atoms with E-state index in [0.29, 0.717) is 11.4 Å². The Morgan fingerprint density at radius 1 is 1.07 bits per heavy atom. The van der Waals surface area contributed by atoms with Gasteiger partial charge in [0.1, 0.15) is 11.6 Å². The highest BCUT2D eigenvalue weighted by molar-refractivity contribution is 7.15. The zero-order valence-corrected chi connectivity index (χ0v) is 8.65. The molecule has 0 spiro atoms. The first kappa shape index (κ1) is 10.3. The Labute approximate surface area is 90.2 Å². The summed E-state index contributed by atoms with van der Waals surface area (Å²) < 4.78 is 26.8. The minimum absolute atomic E-state index is 0.0298. The first-order chi connectivity index (χ1) is 7.22. The Bertz CT molecular complexity index is 459. The maximum atomic E-state index is 13.4. The standard InChI is InChI=1S/C11H9F2NS/c12-8-2-1-3-9(13)11(8)10-5-4-7(6-14)15-10/h1-5H,6,14H2. The summed E-state index contributed by atoms with van der Waals surface area (Å²) in [5.41, 5.74) is 5.47. The van der Waals surface area contributed by atoms with Crippen molar-refractivity contribution in [3.05, 3.63) is 46.8 Å². The molecule has 15 heavy (non-hydrogen) atoms. The van der Waals surface area contributed by atoms with Crippen LogP contribution in [0.15, 0.2) is 30.3 Å². The number of rotatable bonds is 2. The first-order valence-electron chi connectivity index (χ1n) is 4.45. The van der Waals surface area contributed by atoms with Gasteiger partial charge < -0.3 is 5.73 Å². The predicted molar refractivity (Wildman–Crippen MR) is 57.6 cm³/mol. The second-order valence-corrected chi connectivity index (χ2v) is 4.24. The minimum atomic E-state index is -0.541. The molecule has 0 amide bonds. The van der Waals surface area contributed by atoms with Gasteiger partial charge in [-0.05, 0) is 24.3 Å². The molecule has 1 aromatic heterocycles. The van der Waals surface area contributed by atoms with Gasteiger partial charge in [0.05, 0.1) is 5.56 Å². The van der Waals surface area contributed by atoms with Gasteiger partial charge in [0, 0.05) is 16.3 Å². The molecule has 0 fully saturated rings. The van der Waals surface area contributed by atoms with Crippen LogP contribution in [0.5, 0.6) is 0 Å². The molecular formula is C11H9F2NS. The van der Waals surface area contributed by atoms with E-state index in [-0.39, 0.29) is 5.56 Å². The third-order valence-electron chi connectivity index (χ3n) is 2.07. The van der Waals surface area contributed by atoms with Crippen LogP contribution < -0.4 is 5.73 Å². The lowest BCUT2D eigenvalue weighted by atomic mass is 10.1. The fraction of sp³-hybridized carbons (Fsp3) is 0.0909. The van der Waals surface area contributed by atoms with E-state index >= 15 is 0 Å². The van der Waals surface area contributed by atoms with Crippen molar-refractivity contribution in [2.75, 3.05) is 0 Å². The third kappa shape index (κ3) is 1.91. The molecule has 0 radical (unpaired) electrons. The largest absolute Gasteiger partial charge is 0.326 e. The number of nitrogens with two attached hydrogens (primary N) is 1. The van der Waals surface area contributed by atoms with E-state index < -0.39 is 11.6 Å². The van der Waals surface area contributed by atoms with Gasteiger partial charge in [-0.3, -0.25) is 0 Å². The van der Waals surface area contributed by atoms with E-state index in [1.165, 1.54) is 29.5 Å². The second kappa shape index (κ2) is 4.08. The molecule has 0 atom stereocenters. The molecule has 4 heteroatoms. The normalized spacial score (nSPS) is 10.6. The first-order valence-corrected chi connectivity index (χ1v) is 5.27. The summed E-state index contributed by atoms with van der Waals surface area (Å²) in [4.78, 5) is 1.48. The highest BCUT2D eigenvalue weighted by Gasteiger charge is 2.12. The van der Waals surface area contributed by atoms with Crippen molar-refractivity contribution in [2.45, 2.75) is 6.54 Å². The molecular weight excluding hydrogens is 216 g/mol. The third-order valence-corrected chi connectivity index (χ3v) is 3.20. The number of thiophene rings is 1. The summed E-state index contributed by atoms with van der Waals surface area (Å²) in [7, 11) is 0. The lowest BCUT2D eigenvalue weighted by Gasteiger charge is -2.00. The van der Waals surface area contributed by atoms with Crippen molar-refractivity contribution in [2.24, 2.45) is 5.73 Å². The zero-order valence-electron chi connectivity index (χ0n) is 7.84. The Balaban J connectivity index is 2.53. The highest BCUT2D eigenvalue weighted by atomic mass is 32.1. The van der Waals surface area contributed by atoms with Gasteiger partial charge in [-0.1, -0.05) is 6.07 Å². The molecule has 78 valence electrons. The lowest BCUT2D eigenvalue weighted by Crippen LogP contribution is -1.91. The molecule has 0 saturated carbocycles.